The van der Waals surface area contributed by atoms with Gasteiger partial charge in [-0.2, -0.15) is 0 Å². The number of hydrogen-bond acceptors (Lipinski definition) is 7. The number of nitrogens with zero attached hydrogens (tertiary/aromatic N) is 2. The van der Waals surface area contributed by atoms with Crippen LogP contribution < -0.4 is 9.77 Å². The van der Waals surface area contributed by atoms with Crippen LogP contribution in [-0.2, 0) is 9.59 Å². The maximum absolute atomic E-state index is 13.4. The molecule has 1 fully saturated rings. The zero-order valence-electron chi connectivity index (χ0n) is 15.2. The van der Waals surface area contributed by atoms with Crippen LogP contribution in [0.25, 0.3) is 0 Å². The van der Waals surface area contributed by atoms with E-state index in [2.05, 4.69) is 4.98 Å². The molecule has 0 aliphatic carbocycles. The first-order chi connectivity index (χ1) is 14.5. The van der Waals surface area contributed by atoms with E-state index in [1.807, 2.05) is 0 Å². The van der Waals surface area contributed by atoms with E-state index in [4.69, 9.17) is 0 Å². The quantitative estimate of drug-likeness (QED) is 0.381. The number of non-ortho nitro benzene ring substituents is 1. The summed E-state index contributed by atoms with van der Waals surface area (Å²) in [6, 6.07) is 14.7. The number of imide groups is 1. The molecule has 5 rings (SSSR count). The minimum absolute atomic E-state index is 0.108. The summed E-state index contributed by atoms with van der Waals surface area (Å²) in [5.74, 6) is -2.11. The van der Waals surface area contributed by atoms with Crippen LogP contribution in [0.15, 0.2) is 64.4 Å². The van der Waals surface area contributed by atoms with Crippen molar-refractivity contribution >= 4 is 46.3 Å². The van der Waals surface area contributed by atoms with Crippen molar-refractivity contribution in [2.24, 2.45) is 5.92 Å². The van der Waals surface area contributed by atoms with Crippen LogP contribution in [0.2, 0.25) is 0 Å². The lowest BCUT2D eigenvalue weighted by Crippen LogP contribution is -2.32. The standard InChI is InChI=1S/C20H13N3O5S2/c24-18-14-13(10-5-4-8-12(9-10)23(27)28)15-17(21-20(26)30-15)29-16(14)19(25)22(18)11-6-2-1-3-7-11/h1-9,13-14,16H,(H,21,26)/t13-,14+,16-/m1/s1. The van der Waals surface area contributed by atoms with E-state index in [0.717, 1.165) is 11.3 Å². The molecule has 30 heavy (non-hydrogen) atoms. The van der Waals surface area contributed by atoms with Gasteiger partial charge in [0, 0.05) is 22.9 Å². The highest BCUT2D eigenvalue weighted by Crippen LogP contribution is 2.53. The average molecular weight is 439 g/mol. The molecular formula is C20H13N3O5S2. The Kier molecular flexibility index (Phi) is 4.33. The smallest absolute Gasteiger partial charge is 0.305 e. The molecule has 2 aromatic carbocycles. The highest BCUT2D eigenvalue weighted by atomic mass is 32.2. The number of rotatable bonds is 3. The first-order valence-electron chi connectivity index (χ1n) is 9.02. The molecule has 0 saturated carbocycles. The molecule has 0 radical (unpaired) electrons. The number of thioether (sulfide) groups is 1. The van der Waals surface area contributed by atoms with Gasteiger partial charge in [-0.3, -0.25) is 24.5 Å². The zero-order chi connectivity index (χ0) is 21.0. The fraction of sp³-hybridized carbons (Fsp3) is 0.150. The number of aromatic nitrogens is 1. The summed E-state index contributed by atoms with van der Waals surface area (Å²) in [6.07, 6.45) is 0. The number of nitro benzene ring substituents is 1. The van der Waals surface area contributed by atoms with E-state index < -0.39 is 22.0 Å². The number of nitrogens with one attached hydrogen (secondary N) is 1. The highest BCUT2D eigenvalue weighted by molar-refractivity contribution is 8.00. The molecule has 1 N–H and O–H groups in total. The number of H-pyrrole nitrogens is 1. The van der Waals surface area contributed by atoms with E-state index in [1.54, 1.807) is 42.5 Å². The molecule has 0 unspecified atom stereocenters. The number of hydrogen-bond donors (Lipinski definition) is 1. The molecule has 2 aliphatic heterocycles. The summed E-state index contributed by atoms with van der Waals surface area (Å²) < 4.78 is 0. The number of benzene rings is 2. The third kappa shape index (κ3) is 2.79. The SMILES string of the molecule is O=C1[C@H]2[C@@H](c3cccc([N+](=O)[O-])c3)c3sc(=O)[nH]c3S[C@H]2C(=O)N1c1ccccc1. The van der Waals surface area contributed by atoms with Crippen molar-refractivity contribution in [2.45, 2.75) is 16.2 Å². The number of para-hydroxylation sites is 1. The zero-order valence-corrected chi connectivity index (χ0v) is 16.8. The van der Waals surface area contributed by atoms with Crippen LogP contribution >= 0.6 is 23.1 Å². The summed E-state index contributed by atoms with van der Waals surface area (Å²) in [6.45, 7) is 0. The summed E-state index contributed by atoms with van der Waals surface area (Å²) in [5, 5.41) is 11.1. The van der Waals surface area contributed by atoms with Gasteiger partial charge in [0.25, 0.3) is 5.69 Å². The minimum atomic E-state index is -0.760. The molecule has 1 aromatic heterocycles. The molecule has 3 aromatic rings. The number of fused-ring (bicyclic) bond motifs is 2. The van der Waals surface area contributed by atoms with E-state index in [9.17, 15) is 24.5 Å². The Morgan fingerprint density at radius 2 is 1.77 bits per heavy atom. The second kappa shape index (κ2) is 6.92. The molecule has 3 heterocycles. The number of aromatic amines is 1. The van der Waals surface area contributed by atoms with Crippen molar-refractivity contribution in [3.8, 4) is 0 Å². The number of thiazole rings is 1. The van der Waals surface area contributed by atoms with Crippen LogP contribution in [0, 0.1) is 16.0 Å². The van der Waals surface area contributed by atoms with Gasteiger partial charge in [-0.1, -0.05) is 53.4 Å². The molecule has 10 heteroatoms. The van der Waals surface area contributed by atoms with Crippen LogP contribution in [0.5, 0.6) is 0 Å². The second-order valence-corrected chi connectivity index (χ2v) is 9.12. The lowest BCUT2D eigenvalue weighted by atomic mass is 9.83. The average Bonchev–Trinajstić information content (AvgIpc) is 3.23. The molecule has 2 aliphatic rings. The molecule has 0 spiro atoms. The number of carbonyl (C=O) groups is 2. The predicted octanol–water partition coefficient (Wildman–Crippen LogP) is 3.14. The number of amides is 2. The third-order valence-electron chi connectivity index (χ3n) is 5.28. The highest BCUT2D eigenvalue weighted by Gasteiger charge is 2.56. The van der Waals surface area contributed by atoms with Gasteiger partial charge in [0.1, 0.15) is 5.25 Å². The van der Waals surface area contributed by atoms with Crippen molar-refractivity contribution in [2.75, 3.05) is 4.90 Å². The van der Waals surface area contributed by atoms with Crippen molar-refractivity contribution < 1.29 is 14.5 Å². The van der Waals surface area contributed by atoms with Crippen LogP contribution in [0.3, 0.4) is 0 Å². The fourth-order valence-electron chi connectivity index (χ4n) is 4.04. The van der Waals surface area contributed by atoms with Crippen LogP contribution in [-0.4, -0.2) is 27.0 Å². The van der Waals surface area contributed by atoms with Gasteiger partial charge in [-0.25, -0.2) is 4.90 Å². The topological polar surface area (TPSA) is 113 Å². The first-order valence-corrected chi connectivity index (χ1v) is 10.7. The van der Waals surface area contributed by atoms with Crippen LogP contribution in [0.1, 0.15) is 16.4 Å². The van der Waals surface area contributed by atoms with Gasteiger partial charge < -0.3 is 4.98 Å². The summed E-state index contributed by atoms with van der Waals surface area (Å²) >= 11 is 2.15. The van der Waals surface area contributed by atoms with Crippen molar-refractivity contribution in [3.63, 3.8) is 0 Å². The summed E-state index contributed by atoms with van der Waals surface area (Å²) in [5.41, 5.74) is 0.910. The Bertz CT molecular complexity index is 1250. The molecule has 150 valence electrons. The number of anilines is 1. The monoisotopic (exact) mass is 439 g/mol. The maximum atomic E-state index is 13.4. The maximum Gasteiger partial charge on any atom is 0.305 e. The molecule has 1 saturated heterocycles. The Hall–Kier alpha value is -3.24. The summed E-state index contributed by atoms with van der Waals surface area (Å²) in [7, 11) is 0. The normalized spacial score (nSPS) is 22.7. The lowest BCUT2D eigenvalue weighted by molar-refractivity contribution is -0.384. The fourth-order valence-corrected chi connectivity index (χ4v) is 6.55. The van der Waals surface area contributed by atoms with Gasteiger partial charge in [-0.05, 0) is 17.7 Å². The molecular weight excluding hydrogens is 426 g/mol. The van der Waals surface area contributed by atoms with Crippen molar-refractivity contribution in [1.29, 1.82) is 0 Å². The van der Waals surface area contributed by atoms with Crippen LogP contribution in [0.4, 0.5) is 11.4 Å². The van der Waals surface area contributed by atoms with Crippen molar-refractivity contribution in [3.05, 3.63) is 84.8 Å². The Labute approximate surface area is 177 Å². The van der Waals surface area contributed by atoms with E-state index >= 15 is 0 Å². The van der Waals surface area contributed by atoms with E-state index in [1.165, 1.54) is 28.8 Å². The Morgan fingerprint density at radius 1 is 1.00 bits per heavy atom. The number of carbonyl (C=O) groups excluding carboxylic acids is 2. The Balaban J connectivity index is 1.67. The lowest BCUT2D eigenvalue weighted by Gasteiger charge is -2.29. The second-order valence-electron chi connectivity index (χ2n) is 6.95. The van der Waals surface area contributed by atoms with Gasteiger partial charge in [0.15, 0.2) is 0 Å². The predicted molar refractivity (Wildman–Crippen MR) is 112 cm³/mol. The minimum Gasteiger partial charge on any atom is -0.307 e. The van der Waals surface area contributed by atoms with Gasteiger partial charge in [-0.15, -0.1) is 0 Å². The summed E-state index contributed by atoms with van der Waals surface area (Å²) in [4.78, 5) is 53.7. The third-order valence-corrected chi connectivity index (χ3v) is 7.68. The molecule has 2 amide bonds. The van der Waals surface area contributed by atoms with Gasteiger partial charge in [0.2, 0.25) is 11.8 Å². The first kappa shape index (κ1) is 18.8. The van der Waals surface area contributed by atoms with Gasteiger partial charge >= 0.3 is 4.87 Å². The largest absolute Gasteiger partial charge is 0.307 e. The van der Waals surface area contributed by atoms with Gasteiger partial charge in [0.05, 0.1) is 21.6 Å². The Morgan fingerprint density at radius 3 is 2.50 bits per heavy atom. The number of nitro groups is 1. The van der Waals surface area contributed by atoms with Crippen molar-refractivity contribution in [1.82, 2.24) is 4.98 Å². The van der Waals surface area contributed by atoms with E-state index in [-0.39, 0.29) is 22.4 Å². The van der Waals surface area contributed by atoms with E-state index in [0.29, 0.717) is 21.2 Å². The molecule has 0 bridgehead atoms. The molecule has 8 nitrogen and oxygen atoms in total. The molecule has 3 atom stereocenters.